The molecule has 2 aromatic rings. The van der Waals surface area contributed by atoms with Crippen molar-refractivity contribution in [2.45, 2.75) is 19.3 Å². The highest BCUT2D eigenvalue weighted by atomic mass is 19.1. The predicted octanol–water partition coefficient (Wildman–Crippen LogP) is 3.49. The number of nitrogens with zero attached hydrogens (tertiary/aromatic N) is 1. The number of hydrogen-bond donors (Lipinski definition) is 3. The van der Waals surface area contributed by atoms with Crippen molar-refractivity contribution in [2.75, 3.05) is 0 Å². The van der Waals surface area contributed by atoms with Crippen molar-refractivity contribution in [2.24, 2.45) is 17.8 Å². The zero-order valence-corrected chi connectivity index (χ0v) is 14.3. The highest BCUT2D eigenvalue weighted by Gasteiger charge is 2.57. The molecule has 134 valence electrons. The maximum Gasteiger partial charge on any atom is 0.247 e. The fraction of sp³-hybridized carbons (Fsp3) is 0.300. The highest BCUT2D eigenvalue weighted by Crippen LogP contribution is 2.59. The van der Waals surface area contributed by atoms with Gasteiger partial charge in [0.05, 0.1) is 11.5 Å². The van der Waals surface area contributed by atoms with Crippen LogP contribution in [0.4, 0.5) is 4.39 Å². The topological polar surface area (TPSA) is 78.0 Å². The monoisotopic (exact) mass is 353 g/mol. The van der Waals surface area contributed by atoms with Gasteiger partial charge in [-0.15, -0.1) is 0 Å². The van der Waals surface area contributed by atoms with Gasteiger partial charge >= 0.3 is 0 Å². The fourth-order valence-electron chi connectivity index (χ4n) is 4.07. The van der Waals surface area contributed by atoms with E-state index in [9.17, 15) is 9.18 Å². The molecule has 1 amide bonds. The summed E-state index contributed by atoms with van der Waals surface area (Å²) in [6, 6.07) is 5.03. The molecule has 26 heavy (non-hydrogen) atoms. The van der Waals surface area contributed by atoms with Crippen LogP contribution >= 0.6 is 0 Å². The normalized spacial score (nSPS) is 26.7. The molecule has 0 radical (unpaired) electrons. The summed E-state index contributed by atoms with van der Waals surface area (Å²) in [6.07, 6.45) is 10.6. The van der Waals surface area contributed by atoms with E-state index in [4.69, 9.17) is 5.21 Å². The molecule has 0 saturated heterocycles. The number of aromatic nitrogens is 2. The second kappa shape index (κ2) is 6.53. The summed E-state index contributed by atoms with van der Waals surface area (Å²) < 4.78 is 14.7. The maximum absolute atomic E-state index is 14.7. The van der Waals surface area contributed by atoms with Crippen LogP contribution < -0.4 is 5.48 Å². The molecule has 2 aliphatic rings. The summed E-state index contributed by atoms with van der Waals surface area (Å²) in [5.74, 6) is -0.479. The van der Waals surface area contributed by atoms with E-state index in [1.807, 2.05) is 25.1 Å². The third-order valence-electron chi connectivity index (χ3n) is 5.33. The lowest BCUT2D eigenvalue weighted by molar-refractivity contribution is -0.131. The summed E-state index contributed by atoms with van der Waals surface area (Å²) in [6.45, 7) is 1.86. The summed E-state index contributed by atoms with van der Waals surface area (Å²) in [4.78, 5) is 19.3. The molecule has 2 aliphatic carbocycles. The van der Waals surface area contributed by atoms with Crippen LogP contribution in [0.1, 0.15) is 23.6 Å². The van der Waals surface area contributed by atoms with Gasteiger partial charge in [-0.1, -0.05) is 30.4 Å². The number of aryl methyl sites for hydroxylation is 1. The van der Waals surface area contributed by atoms with Gasteiger partial charge in [0.2, 0.25) is 5.91 Å². The minimum absolute atomic E-state index is 0.0551. The maximum atomic E-state index is 14.7. The van der Waals surface area contributed by atoms with Gasteiger partial charge in [0.15, 0.2) is 0 Å². The molecule has 0 spiro atoms. The van der Waals surface area contributed by atoms with Gasteiger partial charge in [-0.25, -0.2) is 14.9 Å². The molecule has 1 unspecified atom stereocenters. The van der Waals surface area contributed by atoms with Crippen LogP contribution in [-0.2, 0) is 4.79 Å². The Morgan fingerprint density at radius 1 is 1.38 bits per heavy atom. The molecule has 6 heteroatoms. The summed E-state index contributed by atoms with van der Waals surface area (Å²) in [5.41, 5.74) is 3.80. The number of aromatic amines is 1. The average molecular weight is 353 g/mol. The number of rotatable bonds is 4. The number of amides is 1. The minimum Gasteiger partial charge on any atom is -0.342 e. The largest absolute Gasteiger partial charge is 0.342 e. The molecule has 1 aromatic carbocycles. The van der Waals surface area contributed by atoms with Crippen LogP contribution in [0, 0.1) is 30.5 Å². The summed E-state index contributed by atoms with van der Waals surface area (Å²) >= 11 is 0. The number of imidazole rings is 1. The fourth-order valence-corrected chi connectivity index (χ4v) is 4.07. The van der Waals surface area contributed by atoms with Crippen molar-refractivity contribution >= 4 is 5.91 Å². The van der Waals surface area contributed by atoms with Gasteiger partial charge in [0, 0.05) is 17.8 Å². The molecular weight excluding hydrogens is 333 g/mol. The van der Waals surface area contributed by atoms with Crippen LogP contribution in [0.15, 0.2) is 48.7 Å². The Hall–Kier alpha value is -2.73. The van der Waals surface area contributed by atoms with E-state index in [2.05, 4.69) is 22.1 Å². The first-order chi connectivity index (χ1) is 12.6. The molecule has 5 nitrogen and oxygen atoms in total. The third-order valence-corrected chi connectivity index (χ3v) is 5.33. The number of carbonyl (C=O) groups is 1. The van der Waals surface area contributed by atoms with E-state index in [0.717, 1.165) is 17.7 Å². The lowest BCUT2D eigenvalue weighted by atomic mass is 9.92. The van der Waals surface area contributed by atoms with Crippen molar-refractivity contribution in [3.63, 3.8) is 0 Å². The van der Waals surface area contributed by atoms with E-state index < -0.39 is 5.91 Å². The lowest BCUT2D eigenvalue weighted by Crippen LogP contribution is -2.22. The number of H-pyrrole nitrogens is 1. The van der Waals surface area contributed by atoms with E-state index in [-0.39, 0.29) is 29.5 Å². The zero-order valence-electron chi connectivity index (χ0n) is 14.3. The molecule has 1 aromatic heterocycles. The van der Waals surface area contributed by atoms with Gasteiger partial charge in [0.25, 0.3) is 0 Å². The van der Waals surface area contributed by atoms with Crippen LogP contribution in [0.3, 0.4) is 0 Å². The second-order valence-electron chi connectivity index (χ2n) is 6.97. The van der Waals surface area contributed by atoms with Gasteiger partial charge in [-0.05, 0) is 42.9 Å². The first-order valence-electron chi connectivity index (χ1n) is 8.69. The Balaban J connectivity index is 1.63. The summed E-state index contributed by atoms with van der Waals surface area (Å²) in [5, 5.41) is 9.06. The Morgan fingerprint density at radius 2 is 2.23 bits per heavy atom. The van der Waals surface area contributed by atoms with Crippen molar-refractivity contribution in [1.82, 2.24) is 15.4 Å². The van der Waals surface area contributed by atoms with E-state index in [1.54, 1.807) is 17.7 Å². The number of nitrogens with one attached hydrogen (secondary N) is 2. The minimum atomic E-state index is -0.408. The molecule has 4 rings (SSSR count). The number of hydrogen-bond acceptors (Lipinski definition) is 3. The first kappa shape index (κ1) is 16.7. The Kier molecular flexibility index (Phi) is 4.20. The van der Waals surface area contributed by atoms with Crippen LogP contribution in [0.25, 0.3) is 11.4 Å². The Bertz CT molecular complexity index is 902. The van der Waals surface area contributed by atoms with Gasteiger partial charge in [-0.3, -0.25) is 10.0 Å². The Morgan fingerprint density at radius 3 is 2.85 bits per heavy atom. The van der Waals surface area contributed by atoms with Crippen LogP contribution in [0.2, 0.25) is 0 Å². The zero-order chi connectivity index (χ0) is 18.3. The number of benzene rings is 1. The van der Waals surface area contributed by atoms with Crippen molar-refractivity contribution in [1.29, 1.82) is 0 Å². The third kappa shape index (κ3) is 2.86. The number of carbonyl (C=O) groups excluding carboxylic acids is 1. The smallest absolute Gasteiger partial charge is 0.247 e. The predicted molar refractivity (Wildman–Crippen MR) is 94.8 cm³/mol. The molecule has 1 saturated carbocycles. The molecule has 0 bridgehead atoms. The van der Waals surface area contributed by atoms with Crippen molar-refractivity contribution < 1.29 is 14.4 Å². The lowest BCUT2D eigenvalue weighted by Gasteiger charge is -2.13. The van der Waals surface area contributed by atoms with Crippen LogP contribution in [0.5, 0.6) is 0 Å². The molecule has 4 atom stereocenters. The quantitative estimate of drug-likeness (QED) is 0.582. The molecular formula is C20H20FN3O2. The second-order valence-corrected chi connectivity index (χ2v) is 6.97. The molecule has 0 aliphatic heterocycles. The number of halogens is 1. The summed E-state index contributed by atoms with van der Waals surface area (Å²) in [7, 11) is 0. The van der Waals surface area contributed by atoms with Gasteiger partial charge in [-0.2, -0.15) is 0 Å². The van der Waals surface area contributed by atoms with Crippen molar-refractivity contribution in [3.8, 4) is 11.4 Å². The van der Waals surface area contributed by atoms with E-state index in [0.29, 0.717) is 11.4 Å². The SMILES string of the molecule is Cc1cnc(-c2ccc([C@H]3[C@H](C(=O)NO)[C@@H]3C3C=CC=CC3)cc2F)[nH]1. The van der Waals surface area contributed by atoms with Gasteiger partial charge in [0.1, 0.15) is 11.6 Å². The van der Waals surface area contributed by atoms with Crippen LogP contribution in [-0.4, -0.2) is 21.1 Å². The Labute approximate surface area is 150 Å². The number of hydroxylamine groups is 1. The van der Waals surface area contributed by atoms with Crippen molar-refractivity contribution in [3.05, 3.63) is 65.8 Å². The molecule has 3 N–H and O–H groups in total. The highest BCUT2D eigenvalue weighted by molar-refractivity contribution is 5.83. The molecule has 1 heterocycles. The van der Waals surface area contributed by atoms with Gasteiger partial charge < -0.3 is 4.98 Å². The number of allylic oxidation sites excluding steroid dienone is 4. The van der Waals surface area contributed by atoms with E-state index >= 15 is 0 Å². The molecule has 1 fully saturated rings. The standard InChI is InChI=1S/C20H20FN3O2/c1-11-10-22-19(23-11)14-8-7-13(9-15(14)21)17-16(18(17)20(25)24-26)12-5-3-2-4-6-12/h2-5,7-10,12,16-18,26H,6H2,1H3,(H,22,23)(H,24,25)/t12?,16-,17-,18-/m1/s1. The van der Waals surface area contributed by atoms with E-state index in [1.165, 1.54) is 6.07 Å². The first-order valence-corrected chi connectivity index (χ1v) is 8.69. The average Bonchev–Trinajstić information content (AvgIpc) is 3.27.